The molecular formula is C17H16FNO3. The molecule has 1 aliphatic heterocycles. The van der Waals surface area contributed by atoms with E-state index in [2.05, 4.69) is 5.32 Å². The van der Waals surface area contributed by atoms with E-state index in [1.807, 2.05) is 0 Å². The van der Waals surface area contributed by atoms with Crippen LogP contribution in [0.15, 0.2) is 42.5 Å². The van der Waals surface area contributed by atoms with Gasteiger partial charge in [0.05, 0.1) is 19.6 Å². The van der Waals surface area contributed by atoms with Crippen molar-refractivity contribution in [1.29, 1.82) is 0 Å². The van der Waals surface area contributed by atoms with Crippen LogP contribution in [0.3, 0.4) is 0 Å². The van der Waals surface area contributed by atoms with Gasteiger partial charge in [0.25, 0.3) is 0 Å². The highest BCUT2D eigenvalue weighted by atomic mass is 19.1. The number of hydrogen-bond acceptors (Lipinski definition) is 3. The fourth-order valence-corrected chi connectivity index (χ4v) is 2.28. The Balaban J connectivity index is 1.67. The van der Waals surface area contributed by atoms with Crippen LogP contribution in [0.1, 0.15) is 12.0 Å². The van der Waals surface area contributed by atoms with Crippen molar-refractivity contribution >= 4 is 11.6 Å². The Kier molecular flexibility index (Phi) is 4.23. The van der Waals surface area contributed by atoms with Crippen LogP contribution in [-0.4, -0.2) is 19.1 Å². The molecule has 0 saturated carbocycles. The number of amides is 1. The van der Waals surface area contributed by atoms with Crippen molar-refractivity contribution in [3.63, 3.8) is 0 Å². The number of carbonyl (C=O) groups is 1. The molecule has 2 aromatic carbocycles. The maximum absolute atomic E-state index is 13.1. The highest BCUT2D eigenvalue weighted by molar-refractivity contribution is 5.92. The first-order valence-electron chi connectivity index (χ1n) is 7.15. The van der Waals surface area contributed by atoms with Gasteiger partial charge in [-0.3, -0.25) is 4.79 Å². The molecular weight excluding hydrogens is 285 g/mol. The van der Waals surface area contributed by atoms with Crippen molar-refractivity contribution in [3.8, 4) is 11.5 Å². The average Bonchev–Trinajstić information content (AvgIpc) is 2.72. The van der Waals surface area contributed by atoms with Gasteiger partial charge in [0.15, 0.2) is 11.5 Å². The van der Waals surface area contributed by atoms with E-state index >= 15 is 0 Å². The zero-order chi connectivity index (χ0) is 15.4. The Bertz CT molecular complexity index is 687. The Hall–Kier alpha value is -2.56. The summed E-state index contributed by atoms with van der Waals surface area (Å²) >= 11 is 0. The van der Waals surface area contributed by atoms with E-state index in [1.165, 1.54) is 12.1 Å². The van der Waals surface area contributed by atoms with Gasteiger partial charge in [0.2, 0.25) is 5.91 Å². The van der Waals surface area contributed by atoms with Gasteiger partial charge >= 0.3 is 0 Å². The zero-order valence-corrected chi connectivity index (χ0v) is 12.0. The topological polar surface area (TPSA) is 47.6 Å². The third-order valence-electron chi connectivity index (χ3n) is 3.28. The molecule has 1 heterocycles. The van der Waals surface area contributed by atoms with Crippen molar-refractivity contribution in [2.24, 2.45) is 0 Å². The molecule has 0 radical (unpaired) electrons. The summed E-state index contributed by atoms with van der Waals surface area (Å²) < 4.78 is 24.2. The maximum Gasteiger partial charge on any atom is 0.228 e. The van der Waals surface area contributed by atoms with Gasteiger partial charge in [0, 0.05) is 18.2 Å². The van der Waals surface area contributed by atoms with Crippen LogP contribution in [0.2, 0.25) is 0 Å². The van der Waals surface area contributed by atoms with Gasteiger partial charge in [-0.25, -0.2) is 4.39 Å². The lowest BCUT2D eigenvalue weighted by Crippen LogP contribution is -2.14. The summed E-state index contributed by atoms with van der Waals surface area (Å²) in [4.78, 5) is 12.0. The second-order valence-electron chi connectivity index (χ2n) is 5.07. The third-order valence-corrected chi connectivity index (χ3v) is 3.28. The Morgan fingerprint density at radius 2 is 1.91 bits per heavy atom. The molecule has 0 fully saturated rings. The molecule has 3 rings (SSSR count). The number of halogens is 1. The minimum Gasteiger partial charge on any atom is -0.490 e. The van der Waals surface area contributed by atoms with Crippen LogP contribution >= 0.6 is 0 Å². The van der Waals surface area contributed by atoms with E-state index in [4.69, 9.17) is 9.47 Å². The van der Waals surface area contributed by atoms with Gasteiger partial charge in [-0.1, -0.05) is 12.1 Å². The first-order valence-corrected chi connectivity index (χ1v) is 7.15. The number of benzene rings is 2. The summed E-state index contributed by atoms with van der Waals surface area (Å²) in [6, 6.07) is 11.3. The normalized spacial score (nSPS) is 13.3. The summed E-state index contributed by atoms with van der Waals surface area (Å²) in [6.45, 7) is 1.21. The second kappa shape index (κ2) is 6.47. The molecule has 1 amide bonds. The largest absolute Gasteiger partial charge is 0.490 e. The van der Waals surface area contributed by atoms with Crippen molar-refractivity contribution < 1.29 is 18.7 Å². The highest BCUT2D eigenvalue weighted by Crippen LogP contribution is 2.32. The summed E-state index contributed by atoms with van der Waals surface area (Å²) in [6.07, 6.45) is 0.947. The molecule has 0 aromatic heterocycles. The monoisotopic (exact) mass is 301 g/mol. The van der Waals surface area contributed by atoms with Gasteiger partial charge < -0.3 is 14.8 Å². The van der Waals surface area contributed by atoms with Crippen molar-refractivity contribution in [2.45, 2.75) is 12.8 Å². The highest BCUT2D eigenvalue weighted by Gasteiger charge is 2.12. The molecule has 0 unspecified atom stereocenters. The van der Waals surface area contributed by atoms with Crippen molar-refractivity contribution in [2.75, 3.05) is 18.5 Å². The molecule has 1 aliphatic rings. The van der Waals surface area contributed by atoms with E-state index in [1.54, 1.807) is 30.3 Å². The zero-order valence-electron chi connectivity index (χ0n) is 12.0. The number of ether oxygens (including phenoxy) is 2. The van der Waals surface area contributed by atoms with Crippen LogP contribution in [0.5, 0.6) is 11.5 Å². The molecule has 4 nitrogen and oxygen atoms in total. The molecule has 0 spiro atoms. The Morgan fingerprint density at radius 1 is 1.09 bits per heavy atom. The minimum atomic E-state index is -0.346. The average molecular weight is 301 g/mol. The number of anilines is 1. The molecule has 0 bridgehead atoms. The minimum absolute atomic E-state index is 0.117. The SMILES string of the molecule is O=C(Cc1cccc(F)c1)Nc1ccc2c(c1)OCCCO2. The van der Waals surface area contributed by atoms with Gasteiger partial charge in [-0.15, -0.1) is 0 Å². The first kappa shape index (κ1) is 14.4. The molecule has 114 valence electrons. The predicted octanol–water partition coefficient (Wildman–Crippen LogP) is 3.17. The number of hydrogen-bond donors (Lipinski definition) is 1. The Labute approximate surface area is 127 Å². The fourth-order valence-electron chi connectivity index (χ4n) is 2.28. The second-order valence-corrected chi connectivity index (χ2v) is 5.07. The number of rotatable bonds is 3. The number of carbonyl (C=O) groups excluding carboxylic acids is 1. The molecule has 0 aliphatic carbocycles. The lowest BCUT2D eigenvalue weighted by atomic mass is 10.1. The van der Waals surface area contributed by atoms with Crippen LogP contribution in [0.25, 0.3) is 0 Å². The van der Waals surface area contributed by atoms with Crippen LogP contribution < -0.4 is 14.8 Å². The number of nitrogens with one attached hydrogen (secondary N) is 1. The van der Waals surface area contributed by atoms with Crippen molar-refractivity contribution in [1.82, 2.24) is 0 Å². The first-order chi connectivity index (χ1) is 10.7. The summed E-state index contributed by atoms with van der Waals surface area (Å²) in [7, 11) is 0. The third kappa shape index (κ3) is 3.55. The van der Waals surface area contributed by atoms with Gasteiger partial charge in [0.1, 0.15) is 5.82 Å². The van der Waals surface area contributed by atoms with E-state index < -0.39 is 0 Å². The quantitative estimate of drug-likeness (QED) is 0.947. The van der Waals surface area contributed by atoms with Crippen LogP contribution in [0.4, 0.5) is 10.1 Å². The lowest BCUT2D eigenvalue weighted by molar-refractivity contribution is -0.115. The molecule has 5 heteroatoms. The summed E-state index contributed by atoms with van der Waals surface area (Å²) in [5, 5.41) is 2.78. The van der Waals surface area contributed by atoms with Crippen molar-refractivity contribution in [3.05, 3.63) is 53.8 Å². The molecule has 22 heavy (non-hydrogen) atoms. The van der Waals surface area contributed by atoms with E-state index in [9.17, 15) is 9.18 Å². The van der Waals surface area contributed by atoms with E-state index in [0.717, 1.165) is 6.42 Å². The smallest absolute Gasteiger partial charge is 0.228 e. The number of fused-ring (bicyclic) bond motifs is 1. The van der Waals surface area contributed by atoms with Gasteiger partial charge in [-0.2, -0.15) is 0 Å². The fraction of sp³-hybridized carbons (Fsp3) is 0.235. The van der Waals surface area contributed by atoms with Gasteiger partial charge in [-0.05, 0) is 29.8 Å². The van der Waals surface area contributed by atoms with E-state index in [0.29, 0.717) is 36.0 Å². The van der Waals surface area contributed by atoms with E-state index in [-0.39, 0.29) is 18.1 Å². The molecule has 0 atom stereocenters. The Morgan fingerprint density at radius 3 is 2.73 bits per heavy atom. The summed E-state index contributed by atoms with van der Waals surface area (Å²) in [5.41, 5.74) is 1.26. The standard InChI is InChI=1S/C17H16FNO3/c18-13-4-1-3-12(9-13)10-17(20)19-14-5-6-15-16(11-14)22-8-2-7-21-15/h1,3-6,9,11H,2,7-8,10H2,(H,19,20). The van der Waals surface area contributed by atoms with Crippen LogP contribution in [-0.2, 0) is 11.2 Å². The molecule has 1 N–H and O–H groups in total. The molecule has 0 saturated heterocycles. The lowest BCUT2D eigenvalue weighted by Gasteiger charge is -2.10. The van der Waals surface area contributed by atoms with Crippen LogP contribution in [0, 0.1) is 5.82 Å². The predicted molar refractivity (Wildman–Crippen MR) is 80.8 cm³/mol. The molecule has 2 aromatic rings. The summed E-state index contributed by atoms with van der Waals surface area (Å²) in [5.74, 6) is 0.752. The maximum atomic E-state index is 13.1.